The van der Waals surface area contributed by atoms with E-state index < -0.39 is 0 Å². The van der Waals surface area contributed by atoms with Gasteiger partial charge in [0.1, 0.15) is 5.82 Å². The fraction of sp³-hybridized carbons (Fsp3) is 0.318. The highest BCUT2D eigenvalue weighted by Gasteiger charge is 2.14. The molecule has 1 aromatic carbocycles. The van der Waals surface area contributed by atoms with E-state index in [1.54, 1.807) is 12.3 Å². The van der Waals surface area contributed by atoms with Crippen LogP contribution in [0, 0.1) is 0 Å². The van der Waals surface area contributed by atoms with Crippen molar-refractivity contribution in [3.63, 3.8) is 0 Å². The van der Waals surface area contributed by atoms with E-state index in [0.29, 0.717) is 17.6 Å². The van der Waals surface area contributed by atoms with Crippen molar-refractivity contribution in [3.05, 3.63) is 70.1 Å². The van der Waals surface area contributed by atoms with Crippen molar-refractivity contribution in [2.75, 3.05) is 38.1 Å². The van der Waals surface area contributed by atoms with Crippen LogP contribution < -0.4 is 15.8 Å². The fourth-order valence-electron chi connectivity index (χ4n) is 3.65. The number of nitrogens with one attached hydrogen (secondary N) is 2. The minimum atomic E-state index is -0.289. The lowest BCUT2D eigenvalue weighted by Crippen LogP contribution is -2.29. The number of H-pyrrole nitrogens is 1. The second-order valence-electron chi connectivity index (χ2n) is 7.44. The van der Waals surface area contributed by atoms with Gasteiger partial charge in [0, 0.05) is 49.3 Å². The van der Waals surface area contributed by atoms with E-state index in [1.165, 1.54) is 6.07 Å². The van der Waals surface area contributed by atoms with E-state index in [0.717, 1.165) is 49.4 Å². The Kier molecular flexibility index (Phi) is 5.57. The molecule has 1 aliphatic rings. The van der Waals surface area contributed by atoms with Gasteiger partial charge in [-0.2, -0.15) is 0 Å². The highest BCUT2D eigenvalue weighted by Crippen LogP contribution is 2.16. The van der Waals surface area contributed by atoms with Crippen LogP contribution in [-0.4, -0.2) is 54.0 Å². The van der Waals surface area contributed by atoms with Gasteiger partial charge < -0.3 is 20.1 Å². The van der Waals surface area contributed by atoms with E-state index in [-0.39, 0.29) is 11.5 Å². The van der Waals surface area contributed by atoms with Gasteiger partial charge in [-0.15, -0.1) is 0 Å². The number of hydrogen-bond acceptors (Lipinski definition) is 5. The number of hydrogen-bond donors (Lipinski definition) is 2. The Hall–Kier alpha value is -3.19. The number of para-hydroxylation sites is 1. The number of anilines is 1. The Labute approximate surface area is 169 Å². The summed E-state index contributed by atoms with van der Waals surface area (Å²) in [5.41, 5.74) is 1.66. The summed E-state index contributed by atoms with van der Waals surface area (Å²) < 4.78 is 0. The molecule has 1 fully saturated rings. The second-order valence-corrected chi connectivity index (χ2v) is 7.44. The quantitative estimate of drug-likeness (QED) is 0.711. The van der Waals surface area contributed by atoms with Gasteiger partial charge in [-0.25, -0.2) is 4.98 Å². The number of amides is 1. The summed E-state index contributed by atoms with van der Waals surface area (Å²) >= 11 is 0. The molecule has 0 atom stereocenters. The zero-order valence-corrected chi connectivity index (χ0v) is 16.5. The number of likely N-dealkylation sites (N-methyl/N-ethyl adjacent to an activating group) is 1. The van der Waals surface area contributed by atoms with Gasteiger partial charge in [-0.3, -0.25) is 9.59 Å². The Morgan fingerprint density at radius 3 is 2.83 bits per heavy atom. The molecule has 2 N–H and O–H groups in total. The summed E-state index contributed by atoms with van der Waals surface area (Å²) in [6.45, 7) is 4.47. The molecule has 0 bridgehead atoms. The molecule has 1 aliphatic heterocycles. The number of fused-ring (bicyclic) bond motifs is 1. The van der Waals surface area contributed by atoms with Crippen molar-refractivity contribution < 1.29 is 4.79 Å². The van der Waals surface area contributed by atoms with Gasteiger partial charge in [-0.05, 0) is 37.7 Å². The third-order valence-electron chi connectivity index (χ3n) is 5.30. The van der Waals surface area contributed by atoms with E-state index in [9.17, 15) is 9.59 Å². The summed E-state index contributed by atoms with van der Waals surface area (Å²) in [6.07, 6.45) is 2.93. The summed E-state index contributed by atoms with van der Waals surface area (Å²) in [7, 11) is 2.15. The third-order valence-corrected chi connectivity index (χ3v) is 5.30. The van der Waals surface area contributed by atoms with Gasteiger partial charge in [0.15, 0.2) is 0 Å². The fourth-order valence-corrected chi connectivity index (χ4v) is 3.65. The van der Waals surface area contributed by atoms with Gasteiger partial charge in [-0.1, -0.05) is 24.3 Å². The number of rotatable bonds is 4. The third kappa shape index (κ3) is 4.46. The first-order chi connectivity index (χ1) is 14.1. The zero-order chi connectivity index (χ0) is 20.2. The van der Waals surface area contributed by atoms with Crippen LogP contribution in [0.4, 0.5) is 5.82 Å². The lowest BCUT2D eigenvalue weighted by atomic mass is 10.1. The maximum absolute atomic E-state index is 12.7. The molecule has 3 heterocycles. The van der Waals surface area contributed by atoms with Crippen LogP contribution in [0.1, 0.15) is 22.3 Å². The van der Waals surface area contributed by atoms with Crippen LogP contribution in [-0.2, 0) is 6.54 Å². The average Bonchev–Trinajstić information content (AvgIpc) is 2.96. The molecule has 7 nitrogen and oxygen atoms in total. The highest BCUT2D eigenvalue weighted by atomic mass is 16.2. The van der Waals surface area contributed by atoms with E-state index in [4.69, 9.17) is 0 Å². The van der Waals surface area contributed by atoms with Crippen molar-refractivity contribution in [2.45, 2.75) is 13.0 Å². The number of aromatic nitrogens is 2. The Balaban J connectivity index is 1.43. The molecular weight excluding hydrogens is 366 g/mol. The van der Waals surface area contributed by atoms with Crippen LogP contribution in [0.5, 0.6) is 0 Å². The van der Waals surface area contributed by atoms with Crippen molar-refractivity contribution in [1.82, 2.24) is 20.2 Å². The predicted molar refractivity (Wildman–Crippen MR) is 114 cm³/mol. The summed E-state index contributed by atoms with van der Waals surface area (Å²) in [6, 6.07) is 12.6. The van der Waals surface area contributed by atoms with E-state index in [1.807, 2.05) is 30.3 Å². The molecule has 29 heavy (non-hydrogen) atoms. The van der Waals surface area contributed by atoms with Crippen LogP contribution >= 0.6 is 0 Å². The Morgan fingerprint density at radius 1 is 1.14 bits per heavy atom. The normalized spacial score (nSPS) is 15.3. The molecule has 0 spiro atoms. The summed E-state index contributed by atoms with van der Waals surface area (Å²) in [5.74, 6) is 0.697. The number of pyridine rings is 2. The molecule has 0 radical (unpaired) electrons. The Bertz CT molecular complexity index is 1060. The smallest absolute Gasteiger partial charge is 0.252 e. The van der Waals surface area contributed by atoms with E-state index in [2.05, 4.69) is 32.1 Å². The monoisotopic (exact) mass is 391 g/mol. The molecule has 0 aliphatic carbocycles. The topological polar surface area (TPSA) is 81.3 Å². The standard InChI is InChI=1S/C22H25N5O2/c1-26-9-4-10-27(12-11-26)20-8-7-16(14-23-20)15-24-22(29)18-13-21(28)25-19-6-3-2-5-17(18)19/h2-3,5-8,13-14H,4,9-12,15H2,1H3,(H,24,29)(H,25,28). The minimum Gasteiger partial charge on any atom is -0.355 e. The van der Waals surface area contributed by atoms with Gasteiger partial charge in [0.05, 0.1) is 5.56 Å². The second kappa shape index (κ2) is 8.45. The van der Waals surface area contributed by atoms with Gasteiger partial charge >= 0.3 is 0 Å². The van der Waals surface area contributed by atoms with Crippen molar-refractivity contribution >= 4 is 22.6 Å². The molecular formula is C22H25N5O2. The van der Waals surface area contributed by atoms with Crippen molar-refractivity contribution in [1.29, 1.82) is 0 Å². The van der Waals surface area contributed by atoms with Crippen LogP contribution in [0.25, 0.3) is 10.9 Å². The predicted octanol–water partition coefficient (Wildman–Crippen LogP) is 1.99. The first-order valence-corrected chi connectivity index (χ1v) is 9.89. The number of benzene rings is 1. The maximum atomic E-state index is 12.7. The van der Waals surface area contributed by atoms with Crippen LogP contribution in [0.3, 0.4) is 0 Å². The largest absolute Gasteiger partial charge is 0.355 e. The van der Waals surface area contributed by atoms with Crippen LogP contribution in [0.15, 0.2) is 53.5 Å². The highest BCUT2D eigenvalue weighted by molar-refractivity contribution is 6.05. The van der Waals surface area contributed by atoms with Gasteiger partial charge in [0.25, 0.3) is 5.91 Å². The molecule has 0 saturated carbocycles. The maximum Gasteiger partial charge on any atom is 0.252 e. The van der Waals surface area contributed by atoms with Crippen molar-refractivity contribution in [3.8, 4) is 0 Å². The molecule has 4 rings (SSSR count). The van der Waals surface area contributed by atoms with E-state index >= 15 is 0 Å². The number of carbonyl (C=O) groups is 1. The van der Waals surface area contributed by atoms with Gasteiger partial charge in [0.2, 0.25) is 5.56 Å². The molecule has 1 saturated heterocycles. The molecule has 2 aromatic heterocycles. The number of aromatic amines is 1. The zero-order valence-electron chi connectivity index (χ0n) is 16.5. The molecule has 150 valence electrons. The lowest BCUT2D eigenvalue weighted by Gasteiger charge is -2.21. The SMILES string of the molecule is CN1CCCN(c2ccc(CNC(=O)c3cc(=O)[nH]c4ccccc34)cn2)CC1. The number of nitrogens with zero attached hydrogens (tertiary/aromatic N) is 3. The molecule has 3 aromatic rings. The first-order valence-electron chi connectivity index (χ1n) is 9.89. The summed E-state index contributed by atoms with van der Waals surface area (Å²) in [5, 5.41) is 3.62. The average molecular weight is 391 g/mol. The first kappa shape index (κ1) is 19.1. The number of carbonyl (C=O) groups excluding carboxylic acids is 1. The minimum absolute atomic E-state index is 0.271. The molecule has 7 heteroatoms. The van der Waals surface area contributed by atoms with Crippen LogP contribution in [0.2, 0.25) is 0 Å². The molecule has 1 amide bonds. The summed E-state index contributed by atoms with van der Waals surface area (Å²) in [4.78, 5) is 36.5. The van der Waals surface area contributed by atoms with Crippen molar-refractivity contribution in [2.24, 2.45) is 0 Å². The lowest BCUT2D eigenvalue weighted by molar-refractivity contribution is 0.0952. The molecule has 0 unspecified atom stereocenters. The Morgan fingerprint density at radius 2 is 2.00 bits per heavy atom.